The molecular weight excluding hydrogens is 529 g/mol. The Labute approximate surface area is 214 Å². The summed E-state index contributed by atoms with van der Waals surface area (Å²) in [5.74, 6) is 1.48. The van der Waals surface area contributed by atoms with Crippen LogP contribution in [0.3, 0.4) is 0 Å². The molecule has 1 saturated carbocycles. The molecule has 8 heteroatoms. The van der Waals surface area contributed by atoms with Crippen LogP contribution in [0.1, 0.15) is 54.1 Å². The van der Waals surface area contributed by atoms with Gasteiger partial charge in [0, 0.05) is 45.0 Å². The lowest BCUT2D eigenvalue weighted by molar-refractivity contribution is 0.0827. The second-order valence-electron chi connectivity index (χ2n) is 8.30. The average Bonchev–Trinajstić information content (AvgIpc) is 3.31. The summed E-state index contributed by atoms with van der Waals surface area (Å²) in [6.45, 7) is 4.09. The number of rotatable bonds is 9. The maximum atomic E-state index is 12.2. The molecule has 1 aromatic carbocycles. The van der Waals surface area contributed by atoms with E-state index >= 15 is 0 Å². The van der Waals surface area contributed by atoms with E-state index in [0.29, 0.717) is 24.1 Å². The van der Waals surface area contributed by atoms with E-state index in [9.17, 15) is 4.79 Å². The molecule has 0 saturated heterocycles. The fourth-order valence-corrected chi connectivity index (χ4v) is 3.71. The number of aliphatic imine (C=N–C) groups is 1. The summed E-state index contributed by atoms with van der Waals surface area (Å²) in [5, 5.41) is 6.65. The first-order valence-electron chi connectivity index (χ1n) is 11.5. The molecular formula is C25H36IN5O2. The summed E-state index contributed by atoms with van der Waals surface area (Å²) in [6.07, 6.45) is 7.70. The molecule has 1 aliphatic carbocycles. The second-order valence-corrected chi connectivity index (χ2v) is 8.30. The normalized spacial score (nSPS) is 13.8. The topological polar surface area (TPSA) is 78.9 Å². The highest BCUT2D eigenvalue weighted by atomic mass is 127. The maximum Gasteiger partial charge on any atom is 0.253 e. The molecule has 0 bridgehead atoms. The minimum atomic E-state index is 0. The number of carbonyl (C=O) groups excluding carboxylic acids is 1. The molecule has 3 rings (SSSR count). The van der Waals surface area contributed by atoms with Crippen LogP contribution in [0.15, 0.2) is 47.6 Å². The molecule has 0 atom stereocenters. The van der Waals surface area contributed by atoms with Gasteiger partial charge in [0.1, 0.15) is 6.10 Å². The van der Waals surface area contributed by atoms with Crippen LogP contribution in [-0.2, 0) is 13.0 Å². The summed E-state index contributed by atoms with van der Waals surface area (Å²) in [5.41, 5.74) is 2.86. The zero-order chi connectivity index (χ0) is 22.8. The van der Waals surface area contributed by atoms with Crippen LogP contribution in [-0.4, -0.2) is 55.0 Å². The number of carbonyl (C=O) groups is 1. The summed E-state index contributed by atoms with van der Waals surface area (Å²) in [7, 11) is 3.53. The molecule has 7 nitrogen and oxygen atoms in total. The Balaban J connectivity index is 0.00000385. The van der Waals surface area contributed by atoms with E-state index in [1.54, 1.807) is 19.0 Å². The van der Waals surface area contributed by atoms with Crippen molar-refractivity contribution >= 4 is 35.8 Å². The van der Waals surface area contributed by atoms with Gasteiger partial charge in [0.25, 0.3) is 5.91 Å². The minimum Gasteiger partial charge on any atom is -0.474 e. The molecule has 1 amide bonds. The number of amides is 1. The summed E-state index contributed by atoms with van der Waals surface area (Å²) in [4.78, 5) is 22.9. The fraction of sp³-hybridized carbons (Fsp3) is 0.480. The highest BCUT2D eigenvalue weighted by Gasteiger charge is 2.16. The smallest absolute Gasteiger partial charge is 0.253 e. The van der Waals surface area contributed by atoms with E-state index in [1.165, 1.54) is 12.8 Å². The van der Waals surface area contributed by atoms with Crippen molar-refractivity contribution in [3.05, 3.63) is 59.3 Å². The molecule has 180 valence electrons. The highest BCUT2D eigenvalue weighted by Crippen LogP contribution is 2.22. The predicted octanol–water partition coefficient (Wildman–Crippen LogP) is 4.02. The molecule has 2 N–H and O–H groups in total. The van der Waals surface area contributed by atoms with Crippen LogP contribution < -0.4 is 15.4 Å². The maximum absolute atomic E-state index is 12.2. The monoisotopic (exact) mass is 565 g/mol. The van der Waals surface area contributed by atoms with Gasteiger partial charge in [0.05, 0.1) is 6.54 Å². The first-order chi connectivity index (χ1) is 15.5. The van der Waals surface area contributed by atoms with Crippen molar-refractivity contribution in [3.63, 3.8) is 0 Å². The van der Waals surface area contributed by atoms with Crippen LogP contribution >= 0.6 is 24.0 Å². The van der Waals surface area contributed by atoms with Crippen LogP contribution in [0.25, 0.3) is 0 Å². The van der Waals surface area contributed by atoms with Gasteiger partial charge >= 0.3 is 0 Å². The molecule has 0 aliphatic heterocycles. The van der Waals surface area contributed by atoms with Gasteiger partial charge in [-0.15, -0.1) is 24.0 Å². The zero-order valence-electron chi connectivity index (χ0n) is 19.8. The Bertz CT molecular complexity index is 896. The number of guanidine groups is 1. The van der Waals surface area contributed by atoms with Crippen LogP contribution in [0, 0.1) is 0 Å². The third-order valence-corrected chi connectivity index (χ3v) is 5.44. The van der Waals surface area contributed by atoms with Crippen LogP contribution in [0.2, 0.25) is 0 Å². The van der Waals surface area contributed by atoms with Gasteiger partial charge in [0.2, 0.25) is 5.88 Å². The van der Waals surface area contributed by atoms with Crippen molar-refractivity contribution in [2.45, 2.75) is 51.7 Å². The first kappa shape index (κ1) is 26.9. The van der Waals surface area contributed by atoms with Crippen molar-refractivity contribution in [2.24, 2.45) is 4.99 Å². The fourth-order valence-electron chi connectivity index (χ4n) is 3.71. The van der Waals surface area contributed by atoms with Gasteiger partial charge in [-0.25, -0.2) is 9.98 Å². The van der Waals surface area contributed by atoms with Crippen molar-refractivity contribution < 1.29 is 9.53 Å². The Morgan fingerprint density at radius 3 is 2.61 bits per heavy atom. The van der Waals surface area contributed by atoms with E-state index in [2.05, 4.69) is 20.6 Å². The average molecular weight is 566 g/mol. The number of aromatic nitrogens is 1. The Morgan fingerprint density at radius 1 is 1.15 bits per heavy atom. The molecule has 1 heterocycles. The Kier molecular flexibility index (Phi) is 11.4. The lowest BCUT2D eigenvalue weighted by atomic mass is 10.1. The molecule has 0 unspecified atom stereocenters. The lowest BCUT2D eigenvalue weighted by Gasteiger charge is -2.13. The number of halogens is 1. The van der Waals surface area contributed by atoms with Crippen molar-refractivity contribution in [1.82, 2.24) is 20.5 Å². The van der Waals surface area contributed by atoms with Gasteiger partial charge in [-0.05, 0) is 62.3 Å². The summed E-state index contributed by atoms with van der Waals surface area (Å²) < 4.78 is 5.93. The highest BCUT2D eigenvalue weighted by molar-refractivity contribution is 14.0. The molecule has 0 spiro atoms. The van der Waals surface area contributed by atoms with Crippen molar-refractivity contribution in [3.8, 4) is 5.88 Å². The third-order valence-electron chi connectivity index (χ3n) is 5.44. The van der Waals surface area contributed by atoms with Crippen molar-refractivity contribution in [2.75, 3.05) is 27.2 Å². The van der Waals surface area contributed by atoms with Crippen molar-refractivity contribution in [1.29, 1.82) is 0 Å². The quantitative estimate of drug-likeness (QED) is 0.273. The summed E-state index contributed by atoms with van der Waals surface area (Å²) in [6, 6.07) is 11.7. The summed E-state index contributed by atoms with van der Waals surface area (Å²) >= 11 is 0. The Hall–Kier alpha value is -2.36. The molecule has 1 aliphatic rings. The van der Waals surface area contributed by atoms with E-state index in [-0.39, 0.29) is 29.9 Å². The van der Waals surface area contributed by atoms with E-state index in [0.717, 1.165) is 49.4 Å². The van der Waals surface area contributed by atoms with Crippen LogP contribution in [0.5, 0.6) is 5.88 Å². The zero-order valence-corrected chi connectivity index (χ0v) is 22.2. The number of nitrogens with zero attached hydrogens (tertiary/aromatic N) is 3. The molecule has 33 heavy (non-hydrogen) atoms. The minimum absolute atomic E-state index is 0. The standard InChI is InChI=1S/C25H35N5O2.HI/c1-4-26-25(27-15-14-19-8-7-9-21(16-19)24(31)30(2)3)29-18-20-12-13-23(28-17-20)32-22-10-5-6-11-22;/h7-9,12-13,16-17,22H,4-6,10-11,14-15,18H2,1-3H3,(H2,26,27,29);1H. The number of hydrogen-bond donors (Lipinski definition) is 2. The first-order valence-corrected chi connectivity index (χ1v) is 11.5. The second kappa shape index (κ2) is 14.0. The SMILES string of the molecule is CCNC(=NCc1ccc(OC2CCCC2)nc1)NCCc1cccc(C(=O)N(C)C)c1.I. The van der Waals surface area contributed by atoms with Gasteiger partial charge < -0.3 is 20.3 Å². The van der Waals surface area contributed by atoms with E-state index in [4.69, 9.17) is 4.74 Å². The van der Waals surface area contributed by atoms with Crippen LogP contribution in [0.4, 0.5) is 0 Å². The van der Waals surface area contributed by atoms with E-state index in [1.807, 2.05) is 49.5 Å². The number of benzene rings is 1. The third kappa shape index (κ3) is 8.83. The molecule has 1 aromatic heterocycles. The van der Waals surface area contributed by atoms with E-state index < -0.39 is 0 Å². The van der Waals surface area contributed by atoms with Gasteiger partial charge in [-0.1, -0.05) is 18.2 Å². The predicted molar refractivity (Wildman–Crippen MR) is 144 cm³/mol. The van der Waals surface area contributed by atoms with Gasteiger partial charge in [0.15, 0.2) is 5.96 Å². The number of hydrogen-bond acceptors (Lipinski definition) is 4. The Morgan fingerprint density at radius 2 is 1.94 bits per heavy atom. The molecule has 2 aromatic rings. The largest absolute Gasteiger partial charge is 0.474 e. The van der Waals surface area contributed by atoms with Gasteiger partial charge in [-0.3, -0.25) is 4.79 Å². The number of ether oxygens (including phenoxy) is 1. The number of pyridine rings is 1. The molecule has 0 radical (unpaired) electrons. The van der Waals surface area contributed by atoms with Gasteiger partial charge in [-0.2, -0.15) is 0 Å². The number of nitrogens with one attached hydrogen (secondary N) is 2. The lowest BCUT2D eigenvalue weighted by Crippen LogP contribution is -2.38. The molecule has 1 fully saturated rings.